The molecule has 2 heteroatoms. The van der Waals surface area contributed by atoms with E-state index in [1.54, 1.807) is 0 Å². The average molecular weight is 186 g/mol. The molecular weight excluding hydrogens is 160 g/mol. The van der Waals surface area contributed by atoms with Gasteiger partial charge in [0, 0.05) is 13.1 Å². The quantitative estimate of drug-likeness (QED) is 0.658. The lowest BCUT2D eigenvalue weighted by Gasteiger charge is -2.23. The van der Waals surface area contributed by atoms with Crippen molar-refractivity contribution in [3.8, 4) is 0 Å². The van der Waals surface area contributed by atoms with E-state index in [9.17, 15) is 0 Å². The normalized spacial score (nSPS) is 16.2. The van der Waals surface area contributed by atoms with Gasteiger partial charge in [0.15, 0.2) is 0 Å². The molecule has 13 heavy (non-hydrogen) atoms. The molecule has 0 aliphatic carbocycles. The fourth-order valence-corrected chi connectivity index (χ4v) is 1.80. The highest BCUT2D eigenvalue weighted by atomic mass is 15.1. The van der Waals surface area contributed by atoms with Crippen LogP contribution in [0.15, 0.2) is 0 Å². The Labute approximate surface area is 83.5 Å². The van der Waals surface area contributed by atoms with Crippen molar-refractivity contribution >= 4 is 0 Å². The monoisotopic (exact) mass is 186 g/mol. The molecule has 0 bridgehead atoms. The molecule has 80 valence electrons. The minimum absolute atomic E-state index is 0.624. The first-order valence-electron chi connectivity index (χ1n) is 5.48. The first-order chi connectivity index (χ1) is 6.10. The molecular formula is C11H26N2. The van der Waals surface area contributed by atoms with Crippen LogP contribution in [0.4, 0.5) is 0 Å². The van der Waals surface area contributed by atoms with Crippen molar-refractivity contribution in [3.63, 3.8) is 0 Å². The second-order valence-electron chi connectivity index (χ2n) is 4.46. The summed E-state index contributed by atoms with van der Waals surface area (Å²) < 4.78 is 0. The van der Waals surface area contributed by atoms with E-state index in [0.29, 0.717) is 5.92 Å². The maximum Gasteiger partial charge on any atom is 0.00161 e. The van der Waals surface area contributed by atoms with Gasteiger partial charge in [-0.25, -0.2) is 0 Å². The van der Waals surface area contributed by atoms with Crippen molar-refractivity contribution in [1.29, 1.82) is 0 Å². The number of nitrogens with two attached hydrogens (primary N) is 1. The van der Waals surface area contributed by atoms with Crippen molar-refractivity contribution in [3.05, 3.63) is 0 Å². The average Bonchev–Trinajstić information content (AvgIpc) is 2.04. The van der Waals surface area contributed by atoms with Crippen molar-refractivity contribution in [2.24, 2.45) is 17.6 Å². The van der Waals surface area contributed by atoms with Crippen LogP contribution in [0.5, 0.6) is 0 Å². The predicted octanol–water partition coefficient (Wildman–Crippen LogP) is 1.95. The number of hydrogen-bond donors (Lipinski definition) is 1. The smallest absolute Gasteiger partial charge is 0.00161 e. The first kappa shape index (κ1) is 12.9. The molecule has 0 saturated carbocycles. The fourth-order valence-electron chi connectivity index (χ4n) is 1.80. The maximum atomic E-state index is 5.58. The molecule has 0 aromatic rings. The minimum atomic E-state index is 0.624. The molecule has 2 atom stereocenters. The number of hydrogen-bond acceptors (Lipinski definition) is 2. The zero-order valence-corrected chi connectivity index (χ0v) is 9.71. The summed E-state index contributed by atoms with van der Waals surface area (Å²) in [4.78, 5) is 2.40. The lowest BCUT2D eigenvalue weighted by atomic mass is 10.1. The Morgan fingerprint density at radius 3 is 2.15 bits per heavy atom. The Morgan fingerprint density at radius 1 is 1.15 bits per heavy atom. The van der Waals surface area contributed by atoms with E-state index in [-0.39, 0.29) is 0 Å². The van der Waals surface area contributed by atoms with Crippen molar-refractivity contribution in [2.75, 3.05) is 26.7 Å². The molecule has 0 rings (SSSR count). The molecule has 0 spiro atoms. The molecule has 0 aliphatic rings. The summed E-state index contributed by atoms with van der Waals surface area (Å²) in [5, 5.41) is 0. The van der Waals surface area contributed by atoms with E-state index in [1.165, 1.54) is 19.4 Å². The minimum Gasteiger partial charge on any atom is -0.330 e. The third kappa shape index (κ3) is 7.03. The van der Waals surface area contributed by atoms with E-state index >= 15 is 0 Å². The molecule has 2 nitrogen and oxygen atoms in total. The largest absolute Gasteiger partial charge is 0.330 e. The van der Waals surface area contributed by atoms with E-state index in [0.717, 1.165) is 19.0 Å². The highest BCUT2D eigenvalue weighted by molar-refractivity contribution is 4.62. The fraction of sp³-hybridized carbons (Fsp3) is 1.00. The summed E-state index contributed by atoms with van der Waals surface area (Å²) >= 11 is 0. The summed E-state index contributed by atoms with van der Waals surface area (Å²) in [5.74, 6) is 1.44. The van der Waals surface area contributed by atoms with Gasteiger partial charge in [-0.05, 0) is 31.8 Å². The SMILES string of the molecule is CCCC(C)CN(C)CC(C)CN. The van der Waals surface area contributed by atoms with Crippen molar-refractivity contribution in [1.82, 2.24) is 4.90 Å². The van der Waals surface area contributed by atoms with Crippen LogP contribution in [0.3, 0.4) is 0 Å². The van der Waals surface area contributed by atoms with E-state index in [4.69, 9.17) is 5.73 Å². The van der Waals surface area contributed by atoms with Crippen LogP contribution >= 0.6 is 0 Å². The molecule has 0 aliphatic heterocycles. The Morgan fingerprint density at radius 2 is 1.69 bits per heavy atom. The molecule has 0 fully saturated rings. The topological polar surface area (TPSA) is 29.3 Å². The predicted molar refractivity (Wildman–Crippen MR) is 59.8 cm³/mol. The van der Waals surface area contributed by atoms with Crippen LogP contribution in [0.2, 0.25) is 0 Å². The highest BCUT2D eigenvalue weighted by Crippen LogP contribution is 2.07. The van der Waals surface area contributed by atoms with E-state index in [1.807, 2.05) is 0 Å². The standard InChI is InChI=1S/C11H26N2/c1-5-6-10(2)8-13(4)9-11(3)7-12/h10-11H,5-9,12H2,1-4H3. The van der Waals surface area contributed by atoms with Gasteiger partial charge in [0.05, 0.1) is 0 Å². The summed E-state index contributed by atoms with van der Waals surface area (Å²) in [7, 11) is 2.19. The third-order valence-electron chi connectivity index (χ3n) is 2.43. The molecule has 0 amide bonds. The second-order valence-corrected chi connectivity index (χ2v) is 4.46. The van der Waals surface area contributed by atoms with Gasteiger partial charge < -0.3 is 10.6 Å². The molecule has 0 saturated heterocycles. The van der Waals surface area contributed by atoms with Crippen LogP contribution < -0.4 is 5.73 Å². The van der Waals surface area contributed by atoms with Gasteiger partial charge in [-0.1, -0.05) is 27.2 Å². The van der Waals surface area contributed by atoms with Crippen LogP contribution in [-0.4, -0.2) is 31.6 Å². The highest BCUT2D eigenvalue weighted by Gasteiger charge is 2.08. The Balaban J connectivity index is 3.54. The Bertz CT molecular complexity index is 115. The van der Waals surface area contributed by atoms with Crippen LogP contribution in [0, 0.1) is 11.8 Å². The maximum absolute atomic E-state index is 5.58. The van der Waals surface area contributed by atoms with Crippen molar-refractivity contribution in [2.45, 2.75) is 33.6 Å². The zero-order valence-electron chi connectivity index (χ0n) is 9.71. The molecule has 0 aromatic carbocycles. The Hall–Kier alpha value is -0.0800. The van der Waals surface area contributed by atoms with Gasteiger partial charge in [0.1, 0.15) is 0 Å². The zero-order chi connectivity index (χ0) is 10.3. The van der Waals surface area contributed by atoms with Gasteiger partial charge in [-0.2, -0.15) is 0 Å². The van der Waals surface area contributed by atoms with E-state index < -0.39 is 0 Å². The first-order valence-corrected chi connectivity index (χ1v) is 5.48. The lowest BCUT2D eigenvalue weighted by molar-refractivity contribution is 0.247. The lowest BCUT2D eigenvalue weighted by Crippen LogP contribution is -2.31. The number of nitrogens with zero attached hydrogens (tertiary/aromatic N) is 1. The van der Waals surface area contributed by atoms with Gasteiger partial charge in [0.2, 0.25) is 0 Å². The van der Waals surface area contributed by atoms with Gasteiger partial charge >= 0.3 is 0 Å². The Kier molecular flexibility index (Phi) is 7.29. The molecule has 2 N–H and O–H groups in total. The summed E-state index contributed by atoms with van der Waals surface area (Å²) in [6.07, 6.45) is 2.63. The van der Waals surface area contributed by atoms with Crippen molar-refractivity contribution < 1.29 is 0 Å². The summed E-state index contributed by atoms with van der Waals surface area (Å²) in [6, 6.07) is 0. The molecule has 0 radical (unpaired) electrons. The van der Waals surface area contributed by atoms with Crippen LogP contribution in [-0.2, 0) is 0 Å². The van der Waals surface area contributed by atoms with Crippen LogP contribution in [0.1, 0.15) is 33.6 Å². The third-order valence-corrected chi connectivity index (χ3v) is 2.43. The molecule has 0 aromatic heterocycles. The van der Waals surface area contributed by atoms with Gasteiger partial charge in [0.25, 0.3) is 0 Å². The molecule has 2 unspecified atom stereocenters. The number of rotatable bonds is 7. The van der Waals surface area contributed by atoms with Gasteiger partial charge in [-0.15, -0.1) is 0 Å². The second kappa shape index (κ2) is 7.34. The van der Waals surface area contributed by atoms with Crippen LogP contribution in [0.25, 0.3) is 0 Å². The molecule has 0 heterocycles. The summed E-state index contributed by atoms with van der Waals surface area (Å²) in [5.41, 5.74) is 5.58. The summed E-state index contributed by atoms with van der Waals surface area (Å²) in [6.45, 7) is 9.92. The van der Waals surface area contributed by atoms with E-state index in [2.05, 4.69) is 32.7 Å². The van der Waals surface area contributed by atoms with Gasteiger partial charge in [-0.3, -0.25) is 0 Å².